The SMILES string of the molecule is Cc1nn(-c2ccccn2)c2c1C(=O)CC(C)(C)C2O. The van der Waals surface area contributed by atoms with Crippen molar-refractivity contribution in [1.82, 2.24) is 14.8 Å². The number of carbonyl (C=O) groups is 1. The van der Waals surface area contributed by atoms with E-state index in [0.717, 1.165) is 0 Å². The molecule has 0 saturated carbocycles. The minimum Gasteiger partial charge on any atom is -0.386 e. The zero-order valence-corrected chi connectivity index (χ0v) is 11.8. The summed E-state index contributed by atoms with van der Waals surface area (Å²) in [5, 5.41) is 15.0. The lowest BCUT2D eigenvalue weighted by atomic mass is 9.73. The molecule has 1 N–H and O–H groups in total. The first-order valence-corrected chi connectivity index (χ1v) is 6.64. The summed E-state index contributed by atoms with van der Waals surface area (Å²) in [5.41, 5.74) is 1.25. The van der Waals surface area contributed by atoms with Crippen LogP contribution < -0.4 is 0 Å². The predicted octanol–water partition coefficient (Wildman–Crippen LogP) is 2.22. The molecule has 1 unspecified atom stereocenters. The van der Waals surface area contributed by atoms with Gasteiger partial charge in [0.15, 0.2) is 11.6 Å². The van der Waals surface area contributed by atoms with E-state index in [1.165, 1.54) is 0 Å². The second-order valence-corrected chi connectivity index (χ2v) is 5.94. The lowest BCUT2D eigenvalue weighted by Gasteiger charge is -2.34. The van der Waals surface area contributed by atoms with E-state index in [1.807, 2.05) is 32.0 Å². The van der Waals surface area contributed by atoms with Crippen LogP contribution in [0.5, 0.6) is 0 Å². The quantitative estimate of drug-likeness (QED) is 0.863. The van der Waals surface area contributed by atoms with Gasteiger partial charge in [0.05, 0.1) is 17.0 Å². The van der Waals surface area contributed by atoms with Crippen LogP contribution in [0.2, 0.25) is 0 Å². The molecule has 1 aliphatic carbocycles. The van der Waals surface area contributed by atoms with Gasteiger partial charge in [-0.25, -0.2) is 9.67 Å². The first kappa shape index (κ1) is 13.0. The Morgan fingerprint density at radius 3 is 2.80 bits per heavy atom. The number of hydrogen-bond donors (Lipinski definition) is 1. The third-order valence-electron chi connectivity index (χ3n) is 3.86. The Morgan fingerprint density at radius 1 is 1.40 bits per heavy atom. The zero-order valence-electron chi connectivity index (χ0n) is 11.8. The van der Waals surface area contributed by atoms with E-state index in [0.29, 0.717) is 29.2 Å². The average Bonchev–Trinajstić information content (AvgIpc) is 2.75. The van der Waals surface area contributed by atoms with E-state index in [-0.39, 0.29) is 5.78 Å². The van der Waals surface area contributed by atoms with Crippen LogP contribution in [0.15, 0.2) is 24.4 Å². The molecule has 0 aromatic carbocycles. The molecule has 2 aromatic heterocycles. The maximum absolute atomic E-state index is 12.3. The highest BCUT2D eigenvalue weighted by molar-refractivity contribution is 6.00. The maximum Gasteiger partial charge on any atom is 0.167 e. The smallest absolute Gasteiger partial charge is 0.167 e. The van der Waals surface area contributed by atoms with Gasteiger partial charge in [-0.2, -0.15) is 5.10 Å². The van der Waals surface area contributed by atoms with Crippen LogP contribution in [0.3, 0.4) is 0 Å². The molecule has 2 heterocycles. The van der Waals surface area contributed by atoms with Gasteiger partial charge in [0.1, 0.15) is 6.10 Å². The highest BCUT2D eigenvalue weighted by atomic mass is 16.3. The topological polar surface area (TPSA) is 68.0 Å². The molecule has 0 aliphatic heterocycles. The first-order chi connectivity index (χ1) is 9.42. The highest BCUT2D eigenvalue weighted by Gasteiger charge is 2.43. The molecular weight excluding hydrogens is 254 g/mol. The molecule has 5 nitrogen and oxygen atoms in total. The van der Waals surface area contributed by atoms with Crippen molar-refractivity contribution in [2.45, 2.75) is 33.3 Å². The number of Topliss-reactive ketones (excluding diaryl/α,β-unsaturated/α-hetero) is 1. The second kappa shape index (κ2) is 4.24. The van der Waals surface area contributed by atoms with Crippen LogP contribution >= 0.6 is 0 Å². The fourth-order valence-corrected chi connectivity index (χ4v) is 2.76. The molecule has 1 aliphatic rings. The van der Waals surface area contributed by atoms with Crippen molar-refractivity contribution >= 4 is 5.78 Å². The van der Waals surface area contributed by atoms with Crippen LogP contribution in [0.4, 0.5) is 0 Å². The Hall–Kier alpha value is -2.01. The first-order valence-electron chi connectivity index (χ1n) is 6.64. The van der Waals surface area contributed by atoms with Crippen LogP contribution in [-0.4, -0.2) is 25.7 Å². The van der Waals surface area contributed by atoms with E-state index in [1.54, 1.807) is 17.8 Å². The number of fused-ring (bicyclic) bond motifs is 1. The molecule has 0 saturated heterocycles. The number of aliphatic hydroxyl groups excluding tert-OH is 1. The van der Waals surface area contributed by atoms with Gasteiger partial charge >= 0.3 is 0 Å². The number of aromatic nitrogens is 3. The van der Waals surface area contributed by atoms with E-state index < -0.39 is 11.5 Å². The van der Waals surface area contributed by atoms with Crippen molar-refractivity contribution in [3.63, 3.8) is 0 Å². The lowest BCUT2D eigenvalue weighted by molar-refractivity contribution is 0.0275. The number of rotatable bonds is 1. The zero-order chi connectivity index (χ0) is 14.5. The summed E-state index contributed by atoms with van der Waals surface area (Å²) < 4.78 is 1.59. The summed E-state index contributed by atoms with van der Waals surface area (Å²) in [5.74, 6) is 0.649. The minimum absolute atomic E-state index is 0.0370. The summed E-state index contributed by atoms with van der Waals surface area (Å²) in [4.78, 5) is 16.6. The molecule has 0 fully saturated rings. The van der Waals surface area contributed by atoms with E-state index >= 15 is 0 Å². The monoisotopic (exact) mass is 271 g/mol. The van der Waals surface area contributed by atoms with Gasteiger partial charge in [0, 0.05) is 18.0 Å². The number of ketones is 1. The van der Waals surface area contributed by atoms with Crippen molar-refractivity contribution in [2.24, 2.45) is 5.41 Å². The molecule has 104 valence electrons. The average molecular weight is 271 g/mol. The van der Waals surface area contributed by atoms with E-state index in [2.05, 4.69) is 10.1 Å². The Morgan fingerprint density at radius 2 is 2.15 bits per heavy atom. The number of hydrogen-bond acceptors (Lipinski definition) is 4. The van der Waals surface area contributed by atoms with Crippen molar-refractivity contribution in [1.29, 1.82) is 0 Å². The standard InChI is InChI=1S/C15H17N3O2/c1-9-12-10(19)8-15(2,3)14(20)13(12)18(17-9)11-6-4-5-7-16-11/h4-7,14,20H,8H2,1-3H3. The third-order valence-corrected chi connectivity index (χ3v) is 3.86. The number of aliphatic hydroxyl groups is 1. The number of carbonyl (C=O) groups excluding carboxylic acids is 1. The highest BCUT2D eigenvalue weighted by Crippen LogP contribution is 2.44. The Balaban J connectivity index is 2.26. The summed E-state index contributed by atoms with van der Waals surface area (Å²) in [7, 11) is 0. The summed E-state index contributed by atoms with van der Waals surface area (Å²) in [6.45, 7) is 5.58. The lowest BCUT2D eigenvalue weighted by Crippen LogP contribution is -2.33. The van der Waals surface area contributed by atoms with Gasteiger partial charge in [-0.1, -0.05) is 19.9 Å². The van der Waals surface area contributed by atoms with Gasteiger partial charge < -0.3 is 5.11 Å². The van der Waals surface area contributed by atoms with Gasteiger partial charge in [-0.15, -0.1) is 0 Å². The molecule has 3 rings (SSSR count). The van der Waals surface area contributed by atoms with E-state index in [9.17, 15) is 9.90 Å². The number of nitrogens with zero attached hydrogens (tertiary/aromatic N) is 3. The Labute approximate surface area is 117 Å². The van der Waals surface area contributed by atoms with Crippen LogP contribution in [-0.2, 0) is 0 Å². The number of aryl methyl sites for hydroxylation is 1. The van der Waals surface area contributed by atoms with E-state index in [4.69, 9.17) is 0 Å². The Kier molecular flexibility index (Phi) is 2.76. The van der Waals surface area contributed by atoms with Crippen LogP contribution in [0, 0.1) is 12.3 Å². The molecule has 5 heteroatoms. The maximum atomic E-state index is 12.3. The normalized spacial score (nSPS) is 20.8. The summed E-state index contributed by atoms with van der Waals surface area (Å²) >= 11 is 0. The fraction of sp³-hybridized carbons (Fsp3) is 0.400. The molecular formula is C15H17N3O2. The molecule has 2 aromatic rings. The van der Waals surface area contributed by atoms with Crippen molar-refractivity contribution in [3.05, 3.63) is 41.3 Å². The van der Waals surface area contributed by atoms with Crippen molar-refractivity contribution in [3.8, 4) is 5.82 Å². The molecule has 20 heavy (non-hydrogen) atoms. The van der Waals surface area contributed by atoms with Gasteiger partial charge in [0.25, 0.3) is 0 Å². The summed E-state index contributed by atoms with van der Waals surface area (Å²) in [6, 6.07) is 5.48. The minimum atomic E-state index is -0.738. The fourth-order valence-electron chi connectivity index (χ4n) is 2.76. The molecule has 0 spiro atoms. The van der Waals surface area contributed by atoms with Gasteiger partial charge in [0.2, 0.25) is 0 Å². The van der Waals surface area contributed by atoms with Crippen LogP contribution in [0.1, 0.15) is 48.1 Å². The predicted molar refractivity (Wildman–Crippen MR) is 73.8 cm³/mol. The second-order valence-electron chi connectivity index (χ2n) is 5.94. The van der Waals surface area contributed by atoms with Gasteiger partial charge in [-0.05, 0) is 19.1 Å². The largest absolute Gasteiger partial charge is 0.386 e. The number of pyridine rings is 1. The van der Waals surface area contributed by atoms with Crippen molar-refractivity contribution < 1.29 is 9.90 Å². The molecule has 0 bridgehead atoms. The van der Waals surface area contributed by atoms with Crippen LogP contribution in [0.25, 0.3) is 5.82 Å². The Bertz CT molecular complexity index is 674. The molecule has 1 atom stereocenters. The molecule has 0 amide bonds. The summed E-state index contributed by atoms with van der Waals surface area (Å²) in [6.07, 6.45) is 1.26. The van der Waals surface area contributed by atoms with Gasteiger partial charge in [-0.3, -0.25) is 4.79 Å². The molecule has 0 radical (unpaired) electrons. The van der Waals surface area contributed by atoms with Crippen molar-refractivity contribution in [2.75, 3.05) is 0 Å². The third kappa shape index (κ3) is 1.78.